The van der Waals surface area contributed by atoms with Crippen LogP contribution in [0.3, 0.4) is 0 Å². The van der Waals surface area contributed by atoms with Crippen molar-refractivity contribution in [3.63, 3.8) is 0 Å². The van der Waals surface area contributed by atoms with Gasteiger partial charge in [0.05, 0.1) is 0 Å². The molecule has 1 aliphatic heterocycles. The predicted octanol–water partition coefficient (Wildman–Crippen LogP) is 1.96. The number of amides is 1. The van der Waals surface area contributed by atoms with Gasteiger partial charge < -0.3 is 5.11 Å². The number of benzene rings is 1. The molecule has 0 spiro atoms. The van der Waals surface area contributed by atoms with Gasteiger partial charge in [-0.2, -0.15) is 0 Å². The van der Waals surface area contributed by atoms with Crippen molar-refractivity contribution < 1.29 is 36.6 Å². The van der Waals surface area contributed by atoms with Gasteiger partial charge in [0, 0.05) is 6.42 Å². The molecule has 1 saturated heterocycles. The topological polar surface area (TPSA) is 57.6 Å². The number of carbonyl (C=O) groups excluding carboxylic acids is 1. The largest absolute Gasteiger partial charge is 0.480 e. The van der Waals surface area contributed by atoms with E-state index >= 15 is 0 Å². The highest BCUT2D eigenvalue weighted by atomic mass is 19.2. The van der Waals surface area contributed by atoms with Gasteiger partial charge in [0.2, 0.25) is 11.7 Å². The summed E-state index contributed by atoms with van der Waals surface area (Å²) in [7, 11) is 0. The molecule has 0 saturated carbocycles. The molecule has 9 heteroatoms. The zero-order valence-electron chi connectivity index (χ0n) is 9.59. The first-order valence-corrected chi connectivity index (χ1v) is 5.33. The Kier molecular flexibility index (Phi) is 3.36. The minimum Gasteiger partial charge on any atom is -0.480 e. The summed E-state index contributed by atoms with van der Waals surface area (Å²) in [4.78, 5) is 22.5. The number of carboxylic acids is 1. The standard InChI is InChI=1S/C11H6F5NO3/c12-5-6(13)8(15)10(9(16)7(5)14)17-3(11(19)20)1-2-4(17)18/h3H,1-2H2,(H,19,20)/t3-/m0/s1. The van der Waals surface area contributed by atoms with Crippen LogP contribution in [0.1, 0.15) is 12.8 Å². The molecule has 108 valence electrons. The molecule has 1 aromatic rings. The summed E-state index contributed by atoms with van der Waals surface area (Å²) in [5.74, 6) is -13.9. The zero-order chi connectivity index (χ0) is 15.2. The molecule has 20 heavy (non-hydrogen) atoms. The van der Waals surface area contributed by atoms with Crippen LogP contribution in [-0.4, -0.2) is 23.0 Å². The van der Waals surface area contributed by atoms with E-state index in [0.29, 0.717) is 0 Å². The summed E-state index contributed by atoms with van der Waals surface area (Å²) < 4.78 is 66.1. The lowest BCUT2D eigenvalue weighted by Gasteiger charge is -2.23. The van der Waals surface area contributed by atoms with E-state index in [1.807, 2.05) is 0 Å². The van der Waals surface area contributed by atoms with Gasteiger partial charge in [-0.25, -0.2) is 26.7 Å². The predicted molar refractivity (Wildman–Crippen MR) is 54.4 cm³/mol. The maximum Gasteiger partial charge on any atom is 0.326 e. The quantitative estimate of drug-likeness (QED) is 0.515. The molecule has 0 aromatic heterocycles. The number of hydrogen-bond acceptors (Lipinski definition) is 2. The van der Waals surface area contributed by atoms with E-state index in [4.69, 9.17) is 5.11 Å². The van der Waals surface area contributed by atoms with E-state index in [0.717, 1.165) is 0 Å². The summed E-state index contributed by atoms with van der Waals surface area (Å²) >= 11 is 0. The normalized spacial score (nSPS) is 18.8. The molecule has 0 unspecified atom stereocenters. The number of halogens is 5. The van der Waals surface area contributed by atoms with E-state index in [1.165, 1.54) is 0 Å². The number of carbonyl (C=O) groups is 2. The SMILES string of the molecule is O=C(O)[C@@H]1CCC(=O)N1c1c(F)c(F)c(F)c(F)c1F. The van der Waals surface area contributed by atoms with Crippen molar-refractivity contribution in [2.75, 3.05) is 4.90 Å². The van der Waals surface area contributed by atoms with Gasteiger partial charge in [0.15, 0.2) is 23.3 Å². The van der Waals surface area contributed by atoms with Gasteiger partial charge in [0.1, 0.15) is 11.7 Å². The smallest absolute Gasteiger partial charge is 0.326 e. The highest BCUT2D eigenvalue weighted by Crippen LogP contribution is 2.35. The van der Waals surface area contributed by atoms with Crippen LogP contribution in [0.4, 0.5) is 27.6 Å². The van der Waals surface area contributed by atoms with Crippen molar-refractivity contribution in [1.29, 1.82) is 0 Å². The van der Waals surface area contributed by atoms with Crippen LogP contribution >= 0.6 is 0 Å². The summed E-state index contributed by atoms with van der Waals surface area (Å²) in [5.41, 5.74) is -1.53. The molecule has 4 nitrogen and oxygen atoms in total. The second kappa shape index (κ2) is 4.73. The number of anilines is 1. The van der Waals surface area contributed by atoms with Gasteiger partial charge in [0.25, 0.3) is 0 Å². The average Bonchev–Trinajstić information content (AvgIpc) is 2.77. The number of rotatable bonds is 2. The van der Waals surface area contributed by atoms with E-state index in [2.05, 4.69) is 0 Å². The molecular weight excluding hydrogens is 289 g/mol. The fraction of sp³-hybridized carbons (Fsp3) is 0.273. The van der Waals surface area contributed by atoms with E-state index in [1.54, 1.807) is 0 Å². The van der Waals surface area contributed by atoms with E-state index in [-0.39, 0.29) is 17.7 Å². The van der Waals surface area contributed by atoms with Crippen molar-refractivity contribution in [3.05, 3.63) is 29.1 Å². The Labute approximate surface area is 108 Å². The maximum absolute atomic E-state index is 13.6. The van der Waals surface area contributed by atoms with Crippen LogP contribution in [0.25, 0.3) is 0 Å². The van der Waals surface area contributed by atoms with Crippen LogP contribution in [0, 0.1) is 29.1 Å². The van der Waals surface area contributed by atoms with Crippen molar-refractivity contribution >= 4 is 17.6 Å². The molecule has 1 heterocycles. The Morgan fingerprint density at radius 1 is 1.00 bits per heavy atom. The first kappa shape index (κ1) is 14.2. The van der Waals surface area contributed by atoms with Crippen LogP contribution in [0.2, 0.25) is 0 Å². The Bertz CT molecular complexity index is 590. The molecule has 0 bridgehead atoms. The number of nitrogens with zero attached hydrogens (tertiary/aromatic N) is 1. The van der Waals surface area contributed by atoms with Crippen LogP contribution < -0.4 is 4.90 Å². The van der Waals surface area contributed by atoms with Crippen molar-refractivity contribution in [2.45, 2.75) is 18.9 Å². The molecule has 1 aliphatic rings. The molecule has 1 N–H and O–H groups in total. The molecule has 2 rings (SSSR count). The van der Waals surface area contributed by atoms with Crippen molar-refractivity contribution in [1.82, 2.24) is 0 Å². The molecular formula is C11H6F5NO3. The van der Waals surface area contributed by atoms with Crippen LogP contribution in [0.5, 0.6) is 0 Å². The zero-order valence-corrected chi connectivity index (χ0v) is 9.59. The molecule has 0 aliphatic carbocycles. The minimum absolute atomic E-state index is 0.0958. The third-order valence-electron chi connectivity index (χ3n) is 2.92. The highest BCUT2D eigenvalue weighted by Gasteiger charge is 2.42. The number of aliphatic carboxylic acids is 1. The summed E-state index contributed by atoms with van der Waals surface area (Å²) in [5, 5.41) is 8.84. The van der Waals surface area contributed by atoms with Gasteiger partial charge in [-0.05, 0) is 6.42 Å². The van der Waals surface area contributed by atoms with Crippen LogP contribution in [-0.2, 0) is 9.59 Å². The first-order chi connectivity index (χ1) is 9.27. The lowest BCUT2D eigenvalue weighted by atomic mass is 10.2. The third kappa shape index (κ3) is 1.89. The molecule has 1 amide bonds. The Hall–Kier alpha value is -2.19. The number of hydrogen-bond donors (Lipinski definition) is 1. The molecule has 1 atom stereocenters. The summed E-state index contributed by atoms with van der Waals surface area (Å²) in [6.07, 6.45) is -0.649. The lowest BCUT2D eigenvalue weighted by molar-refractivity contribution is -0.138. The Morgan fingerprint density at radius 2 is 1.45 bits per heavy atom. The second-order valence-electron chi connectivity index (χ2n) is 4.07. The van der Waals surface area contributed by atoms with Crippen molar-refractivity contribution in [2.24, 2.45) is 0 Å². The fourth-order valence-electron chi connectivity index (χ4n) is 2.00. The first-order valence-electron chi connectivity index (χ1n) is 5.33. The maximum atomic E-state index is 13.6. The highest BCUT2D eigenvalue weighted by molar-refractivity contribution is 6.02. The van der Waals surface area contributed by atoms with E-state index in [9.17, 15) is 31.5 Å². The Balaban J connectivity index is 2.69. The molecule has 0 radical (unpaired) electrons. The van der Waals surface area contributed by atoms with Gasteiger partial charge >= 0.3 is 5.97 Å². The monoisotopic (exact) mass is 295 g/mol. The Morgan fingerprint density at radius 3 is 1.90 bits per heavy atom. The van der Waals surface area contributed by atoms with Gasteiger partial charge in [-0.15, -0.1) is 0 Å². The van der Waals surface area contributed by atoms with Gasteiger partial charge in [-0.3, -0.25) is 9.69 Å². The third-order valence-corrected chi connectivity index (χ3v) is 2.92. The average molecular weight is 295 g/mol. The lowest BCUT2D eigenvalue weighted by Crippen LogP contribution is -2.40. The number of carboxylic acid groups (broad SMARTS) is 1. The van der Waals surface area contributed by atoms with Crippen LogP contribution in [0.15, 0.2) is 0 Å². The van der Waals surface area contributed by atoms with E-state index < -0.39 is 52.7 Å². The van der Waals surface area contributed by atoms with Crippen molar-refractivity contribution in [3.8, 4) is 0 Å². The second-order valence-corrected chi connectivity index (χ2v) is 4.07. The summed E-state index contributed by atoms with van der Waals surface area (Å²) in [6.45, 7) is 0. The molecule has 1 aromatic carbocycles. The fourth-order valence-corrected chi connectivity index (χ4v) is 2.00. The minimum atomic E-state index is -2.37. The molecule has 1 fully saturated rings. The summed E-state index contributed by atoms with van der Waals surface area (Å²) in [6, 6.07) is -1.67. The van der Waals surface area contributed by atoms with Gasteiger partial charge in [-0.1, -0.05) is 0 Å².